The summed E-state index contributed by atoms with van der Waals surface area (Å²) in [6.07, 6.45) is 4.87. The summed E-state index contributed by atoms with van der Waals surface area (Å²) in [6.45, 7) is 1.16. The van der Waals surface area contributed by atoms with Crippen LogP contribution in [0.4, 0.5) is 8.78 Å². The van der Waals surface area contributed by atoms with Crippen molar-refractivity contribution in [2.45, 2.75) is 63.1 Å². The van der Waals surface area contributed by atoms with Crippen molar-refractivity contribution in [1.29, 1.82) is 0 Å². The predicted octanol–water partition coefficient (Wildman–Crippen LogP) is 4.39. The molecular formula is C26H32F2N2O3. The van der Waals surface area contributed by atoms with Crippen molar-refractivity contribution in [2.24, 2.45) is 5.92 Å². The highest BCUT2D eigenvalue weighted by Gasteiger charge is 2.30. The van der Waals surface area contributed by atoms with E-state index in [9.17, 15) is 13.6 Å². The Morgan fingerprint density at radius 1 is 1.12 bits per heavy atom. The van der Waals surface area contributed by atoms with Crippen LogP contribution in [0.1, 0.15) is 54.7 Å². The fourth-order valence-electron chi connectivity index (χ4n) is 5.29. The first-order valence-electron chi connectivity index (χ1n) is 11.8. The molecule has 1 saturated carbocycles. The summed E-state index contributed by atoms with van der Waals surface area (Å²) in [4.78, 5) is 11.1. The average molecular weight is 459 g/mol. The molecule has 5 nitrogen and oxygen atoms in total. The van der Waals surface area contributed by atoms with Gasteiger partial charge in [0.25, 0.3) is 0 Å². The lowest BCUT2D eigenvalue weighted by molar-refractivity contribution is -0.139. The topological polar surface area (TPSA) is 70.6 Å². The van der Waals surface area contributed by atoms with Gasteiger partial charge in [-0.25, -0.2) is 8.78 Å². The molecule has 0 aromatic heterocycles. The maximum absolute atomic E-state index is 14.3. The fourth-order valence-corrected chi connectivity index (χ4v) is 5.29. The van der Waals surface area contributed by atoms with Crippen molar-refractivity contribution in [3.8, 4) is 5.75 Å². The number of ether oxygens (including phenoxy) is 1. The molecule has 0 spiro atoms. The standard InChI is InChI=1S/C26H32F2N2O3/c1-29-14-19-6-7-20(27)12-24(19)18-4-2-16(3-5-18)8-17-9-21(28)11-22(10-17)33-23-13-25(26(31)32)30-15-23/h6-7,9-12,16,18,23,25,29-30H,2-5,8,13-15H2,1H3,(H,31,32)/t16?,18?,23-,25-/m0/s1. The van der Waals surface area contributed by atoms with Crippen LogP contribution in [0.3, 0.4) is 0 Å². The summed E-state index contributed by atoms with van der Waals surface area (Å²) in [6, 6.07) is 9.26. The van der Waals surface area contributed by atoms with Crippen LogP contribution < -0.4 is 15.4 Å². The summed E-state index contributed by atoms with van der Waals surface area (Å²) < 4.78 is 34.0. The van der Waals surface area contributed by atoms with E-state index < -0.39 is 12.0 Å². The van der Waals surface area contributed by atoms with E-state index in [-0.39, 0.29) is 17.7 Å². The summed E-state index contributed by atoms with van der Waals surface area (Å²) in [5.74, 6) is -0.175. The molecule has 3 N–H and O–H groups in total. The molecule has 1 saturated heterocycles. The molecule has 1 aliphatic heterocycles. The SMILES string of the molecule is CNCc1ccc(F)cc1C1CCC(Cc2cc(F)cc(O[C@@H]3CN[C@H](C(=O)O)C3)c2)CC1. The second kappa shape index (κ2) is 10.6. The molecule has 2 aromatic carbocycles. The Bertz CT molecular complexity index is 976. The zero-order valence-electron chi connectivity index (χ0n) is 18.9. The molecule has 0 unspecified atom stereocenters. The highest BCUT2D eigenvalue weighted by molar-refractivity contribution is 5.73. The molecule has 4 rings (SSSR count). The van der Waals surface area contributed by atoms with Crippen LogP contribution in [-0.2, 0) is 17.8 Å². The molecule has 1 aliphatic carbocycles. The number of benzene rings is 2. The number of rotatable bonds is 8. The quantitative estimate of drug-likeness (QED) is 0.547. The minimum atomic E-state index is -0.895. The number of aliphatic carboxylic acids is 1. The minimum Gasteiger partial charge on any atom is -0.489 e. The van der Waals surface area contributed by atoms with Gasteiger partial charge in [-0.1, -0.05) is 6.07 Å². The smallest absolute Gasteiger partial charge is 0.320 e. The Hall–Kier alpha value is -2.51. The van der Waals surface area contributed by atoms with Crippen LogP contribution in [0.25, 0.3) is 0 Å². The van der Waals surface area contributed by atoms with Gasteiger partial charge < -0.3 is 20.5 Å². The van der Waals surface area contributed by atoms with Crippen LogP contribution in [0.2, 0.25) is 0 Å². The van der Waals surface area contributed by atoms with Gasteiger partial charge in [0.1, 0.15) is 29.5 Å². The molecule has 0 bridgehead atoms. The monoisotopic (exact) mass is 458 g/mol. The van der Waals surface area contributed by atoms with Crippen molar-refractivity contribution in [3.05, 3.63) is 64.7 Å². The van der Waals surface area contributed by atoms with Gasteiger partial charge in [-0.3, -0.25) is 4.79 Å². The molecule has 2 atom stereocenters. The number of hydrogen-bond donors (Lipinski definition) is 3. The Morgan fingerprint density at radius 3 is 2.61 bits per heavy atom. The van der Waals surface area contributed by atoms with Crippen molar-refractivity contribution in [1.82, 2.24) is 10.6 Å². The van der Waals surface area contributed by atoms with Crippen LogP contribution in [0, 0.1) is 17.6 Å². The van der Waals surface area contributed by atoms with E-state index in [0.29, 0.717) is 30.6 Å². The number of carboxylic acid groups (broad SMARTS) is 1. The summed E-state index contributed by atoms with van der Waals surface area (Å²) >= 11 is 0. The van der Waals surface area contributed by atoms with Gasteiger partial charge in [0, 0.05) is 25.6 Å². The number of nitrogens with one attached hydrogen (secondary N) is 2. The molecule has 178 valence electrons. The third kappa shape index (κ3) is 6.09. The maximum atomic E-state index is 14.3. The second-order valence-electron chi connectivity index (χ2n) is 9.37. The molecule has 7 heteroatoms. The molecule has 2 aliphatic rings. The molecule has 2 aromatic rings. The van der Waals surface area contributed by atoms with E-state index in [1.807, 2.05) is 19.2 Å². The van der Waals surface area contributed by atoms with E-state index in [0.717, 1.165) is 55.3 Å². The van der Waals surface area contributed by atoms with Crippen molar-refractivity contribution in [2.75, 3.05) is 13.6 Å². The first-order valence-corrected chi connectivity index (χ1v) is 11.8. The Balaban J connectivity index is 1.35. The summed E-state index contributed by atoms with van der Waals surface area (Å²) in [5, 5.41) is 15.2. The van der Waals surface area contributed by atoms with Gasteiger partial charge in [0.2, 0.25) is 0 Å². The lowest BCUT2D eigenvalue weighted by Gasteiger charge is -2.30. The largest absolute Gasteiger partial charge is 0.489 e. The van der Waals surface area contributed by atoms with E-state index >= 15 is 0 Å². The van der Waals surface area contributed by atoms with Crippen LogP contribution in [0.5, 0.6) is 5.75 Å². The molecular weight excluding hydrogens is 426 g/mol. The number of carbonyl (C=O) groups is 1. The summed E-state index contributed by atoms with van der Waals surface area (Å²) in [5.41, 5.74) is 3.16. The predicted molar refractivity (Wildman–Crippen MR) is 122 cm³/mol. The van der Waals surface area contributed by atoms with Gasteiger partial charge in [-0.15, -0.1) is 0 Å². The third-order valence-corrected chi connectivity index (χ3v) is 6.91. The van der Waals surface area contributed by atoms with Gasteiger partial charge in [0.05, 0.1) is 0 Å². The zero-order valence-corrected chi connectivity index (χ0v) is 18.9. The van der Waals surface area contributed by atoms with Crippen molar-refractivity contribution in [3.63, 3.8) is 0 Å². The molecule has 33 heavy (non-hydrogen) atoms. The van der Waals surface area contributed by atoms with Crippen LogP contribution in [-0.4, -0.2) is 36.8 Å². The van der Waals surface area contributed by atoms with E-state index in [1.165, 1.54) is 12.1 Å². The Labute approximate surface area is 193 Å². The van der Waals surface area contributed by atoms with Gasteiger partial charge in [-0.2, -0.15) is 0 Å². The van der Waals surface area contributed by atoms with E-state index in [4.69, 9.17) is 9.84 Å². The molecule has 0 radical (unpaired) electrons. The Kier molecular flexibility index (Phi) is 7.60. The third-order valence-electron chi connectivity index (χ3n) is 6.91. The molecule has 0 amide bonds. The van der Waals surface area contributed by atoms with Crippen LogP contribution in [0.15, 0.2) is 36.4 Å². The number of hydrogen-bond acceptors (Lipinski definition) is 4. The number of halogens is 2. The highest BCUT2D eigenvalue weighted by atomic mass is 19.1. The van der Waals surface area contributed by atoms with Gasteiger partial charge in [0.15, 0.2) is 0 Å². The average Bonchev–Trinajstić information content (AvgIpc) is 3.24. The van der Waals surface area contributed by atoms with E-state index in [2.05, 4.69) is 10.6 Å². The lowest BCUT2D eigenvalue weighted by Crippen LogP contribution is -2.30. The minimum absolute atomic E-state index is 0.189. The summed E-state index contributed by atoms with van der Waals surface area (Å²) in [7, 11) is 1.90. The fraction of sp³-hybridized carbons (Fsp3) is 0.500. The first kappa shape index (κ1) is 23.6. The lowest BCUT2D eigenvalue weighted by atomic mass is 9.75. The van der Waals surface area contributed by atoms with E-state index in [1.54, 1.807) is 12.1 Å². The maximum Gasteiger partial charge on any atom is 0.320 e. The first-order chi connectivity index (χ1) is 15.9. The number of carboxylic acids is 1. The highest BCUT2D eigenvalue weighted by Crippen LogP contribution is 2.39. The second-order valence-corrected chi connectivity index (χ2v) is 9.37. The molecule has 1 heterocycles. The van der Waals surface area contributed by atoms with Crippen molar-refractivity contribution >= 4 is 5.97 Å². The zero-order chi connectivity index (χ0) is 23.4. The normalized spacial score (nSPS) is 25.2. The Morgan fingerprint density at radius 2 is 1.91 bits per heavy atom. The van der Waals surface area contributed by atoms with Gasteiger partial charge in [-0.05, 0) is 91.9 Å². The molecule has 2 fully saturated rings. The van der Waals surface area contributed by atoms with Gasteiger partial charge >= 0.3 is 5.97 Å². The van der Waals surface area contributed by atoms with Crippen molar-refractivity contribution < 1.29 is 23.4 Å². The van der Waals surface area contributed by atoms with Crippen LogP contribution >= 0.6 is 0 Å².